The molecule has 2 fully saturated rings. The molecule has 2 saturated heterocycles. The SMILES string of the molecule is O=C(NCC1CCNCC1)N1CCOCC1. The Morgan fingerprint density at radius 1 is 1.31 bits per heavy atom. The second-order valence-electron chi connectivity index (χ2n) is 4.48. The van der Waals surface area contributed by atoms with Crippen LogP contribution in [-0.2, 0) is 4.74 Å². The maximum absolute atomic E-state index is 11.8. The van der Waals surface area contributed by atoms with E-state index in [0.717, 1.165) is 32.7 Å². The van der Waals surface area contributed by atoms with Crippen molar-refractivity contribution < 1.29 is 9.53 Å². The summed E-state index contributed by atoms with van der Waals surface area (Å²) >= 11 is 0. The molecule has 0 aromatic carbocycles. The molecule has 0 aromatic rings. The molecule has 92 valence electrons. The summed E-state index contributed by atoms with van der Waals surface area (Å²) in [5.41, 5.74) is 0. The quantitative estimate of drug-likeness (QED) is 0.699. The summed E-state index contributed by atoms with van der Waals surface area (Å²) in [6, 6.07) is 0.0711. The molecule has 5 nitrogen and oxygen atoms in total. The van der Waals surface area contributed by atoms with Gasteiger partial charge in [0.2, 0.25) is 0 Å². The van der Waals surface area contributed by atoms with E-state index in [4.69, 9.17) is 4.74 Å². The van der Waals surface area contributed by atoms with Crippen LogP contribution >= 0.6 is 0 Å². The molecule has 5 heteroatoms. The van der Waals surface area contributed by atoms with Crippen molar-refractivity contribution in [1.29, 1.82) is 0 Å². The normalized spacial score (nSPS) is 23.1. The van der Waals surface area contributed by atoms with Gasteiger partial charge < -0.3 is 20.3 Å². The third-order valence-electron chi connectivity index (χ3n) is 3.30. The second kappa shape index (κ2) is 6.06. The van der Waals surface area contributed by atoms with Crippen molar-refractivity contribution in [3.63, 3.8) is 0 Å². The summed E-state index contributed by atoms with van der Waals surface area (Å²) in [4.78, 5) is 13.6. The lowest BCUT2D eigenvalue weighted by atomic mass is 9.98. The third kappa shape index (κ3) is 3.35. The number of piperidine rings is 1. The Kier molecular flexibility index (Phi) is 4.42. The zero-order valence-corrected chi connectivity index (χ0v) is 9.71. The Morgan fingerprint density at radius 3 is 2.69 bits per heavy atom. The molecule has 0 bridgehead atoms. The first kappa shape index (κ1) is 11.7. The van der Waals surface area contributed by atoms with Crippen molar-refractivity contribution in [1.82, 2.24) is 15.5 Å². The van der Waals surface area contributed by atoms with Crippen LogP contribution in [0.15, 0.2) is 0 Å². The van der Waals surface area contributed by atoms with E-state index in [2.05, 4.69) is 10.6 Å². The number of urea groups is 1. The minimum absolute atomic E-state index is 0.0711. The van der Waals surface area contributed by atoms with Crippen LogP contribution in [0, 0.1) is 5.92 Å². The first-order valence-corrected chi connectivity index (χ1v) is 6.17. The molecule has 0 aliphatic carbocycles. The summed E-state index contributed by atoms with van der Waals surface area (Å²) in [7, 11) is 0. The van der Waals surface area contributed by atoms with E-state index < -0.39 is 0 Å². The zero-order chi connectivity index (χ0) is 11.2. The van der Waals surface area contributed by atoms with Crippen molar-refractivity contribution in [2.45, 2.75) is 12.8 Å². The molecule has 16 heavy (non-hydrogen) atoms. The maximum atomic E-state index is 11.8. The smallest absolute Gasteiger partial charge is 0.317 e. The van der Waals surface area contributed by atoms with Gasteiger partial charge in [-0.3, -0.25) is 0 Å². The van der Waals surface area contributed by atoms with Crippen molar-refractivity contribution >= 4 is 6.03 Å². The zero-order valence-electron chi connectivity index (χ0n) is 9.71. The van der Waals surface area contributed by atoms with Gasteiger partial charge in [0.05, 0.1) is 13.2 Å². The fourth-order valence-electron chi connectivity index (χ4n) is 2.20. The number of nitrogens with one attached hydrogen (secondary N) is 2. The summed E-state index contributed by atoms with van der Waals surface area (Å²) in [5, 5.41) is 6.35. The van der Waals surface area contributed by atoms with Crippen molar-refractivity contribution in [2.75, 3.05) is 45.9 Å². The first-order valence-electron chi connectivity index (χ1n) is 6.17. The summed E-state index contributed by atoms with van der Waals surface area (Å²) in [6.45, 7) is 5.76. The van der Waals surface area contributed by atoms with E-state index in [-0.39, 0.29) is 6.03 Å². The lowest BCUT2D eigenvalue weighted by Crippen LogP contribution is -2.47. The summed E-state index contributed by atoms with van der Waals surface area (Å²) < 4.78 is 5.21. The van der Waals surface area contributed by atoms with Gasteiger partial charge in [0.25, 0.3) is 0 Å². The molecule has 0 spiro atoms. The fraction of sp³-hybridized carbons (Fsp3) is 0.909. The average molecular weight is 227 g/mol. The van der Waals surface area contributed by atoms with Gasteiger partial charge in [-0.05, 0) is 31.8 Å². The molecule has 2 N–H and O–H groups in total. The van der Waals surface area contributed by atoms with Gasteiger partial charge in [0, 0.05) is 19.6 Å². The average Bonchev–Trinajstić information content (AvgIpc) is 2.38. The van der Waals surface area contributed by atoms with Gasteiger partial charge in [-0.15, -0.1) is 0 Å². The van der Waals surface area contributed by atoms with Gasteiger partial charge in [-0.2, -0.15) is 0 Å². The minimum Gasteiger partial charge on any atom is -0.378 e. The number of morpholine rings is 1. The Labute approximate surface area is 96.5 Å². The molecule has 0 aromatic heterocycles. The standard InChI is InChI=1S/C11H21N3O2/c15-11(14-5-7-16-8-6-14)13-9-10-1-3-12-4-2-10/h10,12H,1-9H2,(H,13,15). The monoisotopic (exact) mass is 227 g/mol. The minimum atomic E-state index is 0.0711. The van der Waals surface area contributed by atoms with E-state index in [1.165, 1.54) is 12.8 Å². The number of ether oxygens (including phenoxy) is 1. The first-order chi connectivity index (χ1) is 7.86. The molecule has 0 radical (unpaired) electrons. The van der Waals surface area contributed by atoms with Crippen LogP contribution < -0.4 is 10.6 Å². The van der Waals surface area contributed by atoms with Gasteiger partial charge in [0.1, 0.15) is 0 Å². The maximum Gasteiger partial charge on any atom is 0.317 e. The van der Waals surface area contributed by atoms with E-state index in [1.54, 1.807) is 0 Å². The molecule has 0 saturated carbocycles. The van der Waals surface area contributed by atoms with Crippen LogP contribution in [-0.4, -0.2) is 56.9 Å². The topological polar surface area (TPSA) is 53.6 Å². The predicted molar refractivity (Wildman–Crippen MR) is 61.4 cm³/mol. The van der Waals surface area contributed by atoms with Crippen LogP contribution in [0.3, 0.4) is 0 Å². The van der Waals surface area contributed by atoms with Crippen LogP contribution in [0.5, 0.6) is 0 Å². The van der Waals surface area contributed by atoms with Crippen molar-refractivity contribution in [2.24, 2.45) is 5.92 Å². The van der Waals surface area contributed by atoms with Gasteiger partial charge in [0.15, 0.2) is 0 Å². The number of amides is 2. The predicted octanol–water partition coefficient (Wildman–Crippen LogP) is 0.0278. The van der Waals surface area contributed by atoms with Crippen LogP contribution in [0.2, 0.25) is 0 Å². The molecule has 2 aliphatic rings. The van der Waals surface area contributed by atoms with Gasteiger partial charge in [-0.25, -0.2) is 4.79 Å². The Bertz CT molecular complexity index is 223. The Balaban J connectivity index is 1.65. The van der Waals surface area contributed by atoms with E-state index in [1.807, 2.05) is 4.90 Å². The van der Waals surface area contributed by atoms with Crippen LogP contribution in [0.4, 0.5) is 4.79 Å². The highest BCUT2D eigenvalue weighted by Gasteiger charge is 2.18. The van der Waals surface area contributed by atoms with Crippen molar-refractivity contribution in [3.05, 3.63) is 0 Å². The number of hydrogen-bond acceptors (Lipinski definition) is 3. The highest BCUT2D eigenvalue weighted by molar-refractivity contribution is 5.74. The molecule has 2 aliphatic heterocycles. The van der Waals surface area contributed by atoms with Gasteiger partial charge in [-0.1, -0.05) is 0 Å². The van der Waals surface area contributed by atoms with Crippen LogP contribution in [0.1, 0.15) is 12.8 Å². The molecule has 2 heterocycles. The highest BCUT2D eigenvalue weighted by atomic mass is 16.5. The lowest BCUT2D eigenvalue weighted by Gasteiger charge is -2.28. The van der Waals surface area contributed by atoms with Crippen molar-refractivity contribution in [3.8, 4) is 0 Å². The second-order valence-corrected chi connectivity index (χ2v) is 4.48. The van der Waals surface area contributed by atoms with Gasteiger partial charge >= 0.3 is 6.03 Å². The number of nitrogens with zero attached hydrogens (tertiary/aromatic N) is 1. The van der Waals surface area contributed by atoms with Crippen LogP contribution in [0.25, 0.3) is 0 Å². The summed E-state index contributed by atoms with van der Waals surface area (Å²) in [6.07, 6.45) is 2.34. The van der Waals surface area contributed by atoms with E-state index >= 15 is 0 Å². The number of carbonyl (C=O) groups is 1. The summed E-state index contributed by atoms with van der Waals surface area (Å²) in [5.74, 6) is 0.645. The molecular formula is C11H21N3O2. The largest absolute Gasteiger partial charge is 0.378 e. The molecule has 2 amide bonds. The third-order valence-corrected chi connectivity index (χ3v) is 3.30. The number of carbonyl (C=O) groups excluding carboxylic acids is 1. The molecule has 0 atom stereocenters. The van der Waals surface area contributed by atoms with E-state index in [9.17, 15) is 4.79 Å². The molecule has 0 unspecified atom stereocenters. The van der Waals surface area contributed by atoms with E-state index in [0.29, 0.717) is 19.1 Å². The molecule has 2 rings (SSSR count). The fourth-order valence-corrected chi connectivity index (χ4v) is 2.20. The number of rotatable bonds is 2. The lowest BCUT2D eigenvalue weighted by molar-refractivity contribution is 0.0529. The molecular weight excluding hydrogens is 206 g/mol. The Morgan fingerprint density at radius 2 is 2.00 bits per heavy atom. The highest BCUT2D eigenvalue weighted by Crippen LogP contribution is 2.10. The number of hydrogen-bond donors (Lipinski definition) is 2. The Hall–Kier alpha value is -0.810.